The Labute approximate surface area is 148 Å². The van der Waals surface area contributed by atoms with Crippen molar-refractivity contribution in [1.29, 1.82) is 0 Å². The van der Waals surface area contributed by atoms with Crippen LogP contribution < -0.4 is 10.1 Å². The van der Waals surface area contributed by atoms with Gasteiger partial charge in [0.05, 0.1) is 12.4 Å². The van der Waals surface area contributed by atoms with Gasteiger partial charge in [-0.1, -0.05) is 32.0 Å². The van der Waals surface area contributed by atoms with Crippen molar-refractivity contribution in [1.82, 2.24) is 0 Å². The van der Waals surface area contributed by atoms with E-state index in [-0.39, 0.29) is 11.2 Å². The van der Waals surface area contributed by atoms with E-state index in [1.807, 2.05) is 49.4 Å². The number of anilines is 1. The van der Waals surface area contributed by atoms with Gasteiger partial charge in [-0.05, 0) is 55.2 Å². The SMILES string of the molecule is CC[C@H](C)c1ccccc1NC(=O)[C@H](C)Sc1ccc(OC)cc1. The van der Waals surface area contributed by atoms with E-state index in [9.17, 15) is 4.79 Å². The van der Waals surface area contributed by atoms with E-state index in [1.165, 1.54) is 5.56 Å². The van der Waals surface area contributed by atoms with Crippen LogP contribution in [0.5, 0.6) is 5.75 Å². The number of hydrogen-bond donors (Lipinski definition) is 1. The normalized spacial score (nSPS) is 13.2. The highest BCUT2D eigenvalue weighted by Crippen LogP contribution is 2.29. The van der Waals surface area contributed by atoms with E-state index in [4.69, 9.17) is 4.74 Å². The number of nitrogens with one attached hydrogen (secondary N) is 1. The third-order valence-corrected chi connectivity index (χ3v) is 5.22. The lowest BCUT2D eigenvalue weighted by atomic mass is 9.97. The summed E-state index contributed by atoms with van der Waals surface area (Å²) < 4.78 is 5.16. The van der Waals surface area contributed by atoms with Crippen LogP contribution in [0.1, 0.15) is 38.7 Å². The highest BCUT2D eigenvalue weighted by molar-refractivity contribution is 8.00. The predicted molar refractivity (Wildman–Crippen MR) is 102 cm³/mol. The molecule has 0 heterocycles. The molecule has 0 aliphatic carbocycles. The van der Waals surface area contributed by atoms with Crippen molar-refractivity contribution in [2.24, 2.45) is 0 Å². The number of hydrogen-bond acceptors (Lipinski definition) is 3. The van der Waals surface area contributed by atoms with Crippen LogP contribution in [0.2, 0.25) is 0 Å². The average Bonchev–Trinajstić information content (AvgIpc) is 2.62. The van der Waals surface area contributed by atoms with Crippen LogP contribution in [0.15, 0.2) is 53.4 Å². The molecule has 0 aromatic heterocycles. The molecule has 2 aromatic rings. The fourth-order valence-corrected chi connectivity index (χ4v) is 3.27. The van der Waals surface area contributed by atoms with Crippen molar-refractivity contribution in [2.45, 2.75) is 43.3 Å². The van der Waals surface area contributed by atoms with Gasteiger partial charge in [-0.25, -0.2) is 0 Å². The molecule has 0 spiro atoms. The molecule has 0 aliphatic heterocycles. The second-order valence-electron chi connectivity index (χ2n) is 5.82. The maximum absolute atomic E-state index is 12.5. The van der Waals surface area contributed by atoms with Gasteiger partial charge in [-0.3, -0.25) is 4.79 Å². The van der Waals surface area contributed by atoms with E-state index in [1.54, 1.807) is 18.9 Å². The molecule has 2 aromatic carbocycles. The molecular formula is C20H25NO2S. The van der Waals surface area contributed by atoms with Crippen LogP contribution in [0.25, 0.3) is 0 Å². The number of carbonyl (C=O) groups excluding carboxylic acids is 1. The van der Waals surface area contributed by atoms with Gasteiger partial charge in [0.2, 0.25) is 5.91 Å². The second-order valence-corrected chi connectivity index (χ2v) is 7.24. The molecule has 0 unspecified atom stereocenters. The van der Waals surface area contributed by atoms with Crippen LogP contribution in [0.4, 0.5) is 5.69 Å². The summed E-state index contributed by atoms with van der Waals surface area (Å²) in [5.41, 5.74) is 2.11. The van der Waals surface area contributed by atoms with Gasteiger partial charge >= 0.3 is 0 Å². The molecule has 0 saturated carbocycles. The zero-order valence-corrected chi connectivity index (χ0v) is 15.5. The first-order valence-electron chi connectivity index (χ1n) is 8.25. The van der Waals surface area contributed by atoms with Gasteiger partial charge in [0.1, 0.15) is 5.75 Å². The summed E-state index contributed by atoms with van der Waals surface area (Å²) in [5, 5.41) is 2.91. The number of amides is 1. The summed E-state index contributed by atoms with van der Waals surface area (Å²) in [5.74, 6) is 1.26. The first kappa shape index (κ1) is 18.4. The molecule has 1 amide bonds. The lowest BCUT2D eigenvalue weighted by Crippen LogP contribution is -2.23. The largest absolute Gasteiger partial charge is 0.497 e. The lowest BCUT2D eigenvalue weighted by molar-refractivity contribution is -0.115. The van der Waals surface area contributed by atoms with E-state index in [2.05, 4.69) is 25.2 Å². The van der Waals surface area contributed by atoms with E-state index in [0.29, 0.717) is 5.92 Å². The highest BCUT2D eigenvalue weighted by atomic mass is 32.2. The Hall–Kier alpha value is -1.94. The predicted octanol–water partition coefficient (Wildman–Crippen LogP) is 5.33. The standard InChI is InChI=1S/C20H25NO2S/c1-5-14(2)18-8-6-7-9-19(18)21-20(22)15(3)24-17-12-10-16(23-4)11-13-17/h6-15H,5H2,1-4H3,(H,21,22)/t14-,15-/m0/s1. The quantitative estimate of drug-likeness (QED) is 0.691. The first-order valence-corrected chi connectivity index (χ1v) is 9.13. The lowest BCUT2D eigenvalue weighted by Gasteiger charge is -2.17. The fourth-order valence-electron chi connectivity index (χ4n) is 2.41. The Bertz CT molecular complexity index is 670. The second kappa shape index (κ2) is 8.78. The van der Waals surface area contributed by atoms with Gasteiger partial charge in [0, 0.05) is 10.6 Å². The Balaban J connectivity index is 2.03. The molecule has 0 bridgehead atoms. The van der Waals surface area contributed by atoms with Crippen molar-refractivity contribution in [2.75, 3.05) is 12.4 Å². The van der Waals surface area contributed by atoms with Gasteiger partial charge in [0.25, 0.3) is 0 Å². The van der Waals surface area contributed by atoms with E-state index < -0.39 is 0 Å². The molecular weight excluding hydrogens is 318 g/mol. The van der Waals surface area contributed by atoms with Crippen LogP contribution in [-0.2, 0) is 4.79 Å². The number of thioether (sulfide) groups is 1. The maximum atomic E-state index is 12.5. The first-order chi connectivity index (χ1) is 11.5. The Morgan fingerprint density at radius 2 is 1.79 bits per heavy atom. The zero-order chi connectivity index (χ0) is 17.5. The summed E-state index contributed by atoms with van der Waals surface area (Å²) in [6, 6.07) is 15.8. The topological polar surface area (TPSA) is 38.3 Å². The molecule has 2 atom stereocenters. The van der Waals surface area contributed by atoms with Crippen molar-refractivity contribution in [3.8, 4) is 5.75 Å². The summed E-state index contributed by atoms with van der Waals surface area (Å²) >= 11 is 1.54. The number of methoxy groups -OCH3 is 1. The molecule has 0 fully saturated rings. The van der Waals surface area contributed by atoms with Crippen LogP contribution >= 0.6 is 11.8 Å². The number of ether oxygens (including phenoxy) is 1. The maximum Gasteiger partial charge on any atom is 0.237 e. The van der Waals surface area contributed by atoms with Crippen molar-refractivity contribution in [3.05, 3.63) is 54.1 Å². The minimum Gasteiger partial charge on any atom is -0.497 e. The zero-order valence-electron chi connectivity index (χ0n) is 14.7. The van der Waals surface area contributed by atoms with Gasteiger partial charge in [-0.15, -0.1) is 11.8 Å². The summed E-state index contributed by atoms with van der Waals surface area (Å²) in [4.78, 5) is 13.6. The fraction of sp³-hybridized carbons (Fsp3) is 0.350. The number of benzene rings is 2. The molecule has 0 aliphatic rings. The van der Waals surface area contributed by atoms with E-state index in [0.717, 1.165) is 22.8 Å². The van der Waals surface area contributed by atoms with Gasteiger partial charge in [-0.2, -0.15) is 0 Å². The molecule has 0 radical (unpaired) electrons. The Kier molecular flexibility index (Phi) is 6.73. The average molecular weight is 343 g/mol. The summed E-state index contributed by atoms with van der Waals surface area (Å²) in [7, 11) is 1.65. The molecule has 3 nitrogen and oxygen atoms in total. The molecule has 128 valence electrons. The van der Waals surface area contributed by atoms with Gasteiger partial charge < -0.3 is 10.1 Å². The minimum absolute atomic E-state index is 0.0200. The smallest absolute Gasteiger partial charge is 0.237 e. The molecule has 1 N–H and O–H groups in total. The van der Waals surface area contributed by atoms with Crippen LogP contribution in [0, 0.1) is 0 Å². The molecule has 24 heavy (non-hydrogen) atoms. The highest BCUT2D eigenvalue weighted by Gasteiger charge is 2.17. The number of rotatable bonds is 7. The Morgan fingerprint density at radius 1 is 1.12 bits per heavy atom. The third-order valence-electron chi connectivity index (χ3n) is 4.10. The van der Waals surface area contributed by atoms with Crippen molar-refractivity contribution >= 4 is 23.4 Å². The monoisotopic (exact) mass is 343 g/mol. The van der Waals surface area contributed by atoms with E-state index >= 15 is 0 Å². The third kappa shape index (κ3) is 4.78. The van der Waals surface area contributed by atoms with Crippen LogP contribution in [0.3, 0.4) is 0 Å². The summed E-state index contributed by atoms with van der Waals surface area (Å²) in [6.07, 6.45) is 1.04. The van der Waals surface area contributed by atoms with Crippen molar-refractivity contribution in [3.63, 3.8) is 0 Å². The van der Waals surface area contributed by atoms with Gasteiger partial charge in [0.15, 0.2) is 0 Å². The van der Waals surface area contributed by atoms with Crippen molar-refractivity contribution < 1.29 is 9.53 Å². The number of carbonyl (C=O) groups is 1. The minimum atomic E-state index is -0.177. The molecule has 4 heteroatoms. The summed E-state index contributed by atoms with van der Waals surface area (Å²) in [6.45, 7) is 6.27. The van der Waals surface area contributed by atoms with Crippen LogP contribution in [-0.4, -0.2) is 18.3 Å². The molecule has 2 rings (SSSR count). The number of para-hydroxylation sites is 1. The molecule has 0 saturated heterocycles. The Morgan fingerprint density at radius 3 is 2.42 bits per heavy atom.